The maximum Gasteiger partial charge on any atom is 0.257 e. The fourth-order valence-electron chi connectivity index (χ4n) is 1.96. The summed E-state index contributed by atoms with van der Waals surface area (Å²) in [4.78, 5) is 28.7. The van der Waals surface area contributed by atoms with Crippen LogP contribution in [-0.4, -0.2) is 47.9 Å². The normalized spacial score (nSPS) is 14.9. The number of hydrogen-bond acceptors (Lipinski definition) is 4. The van der Waals surface area contributed by atoms with Gasteiger partial charge in [-0.25, -0.2) is 9.37 Å². The number of aromatic nitrogens is 1. The quantitative estimate of drug-likeness (QED) is 0.847. The molecule has 0 unspecified atom stereocenters. The van der Waals surface area contributed by atoms with Gasteiger partial charge in [-0.2, -0.15) is 0 Å². The number of nitrogens with zero attached hydrogens (tertiary/aromatic N) is 2. The zero-order chi connectivity index (χ0) is 14.5. The van der Waals surface area contributed by atoms with Crippen molar-refractivity contribution in [3.8, 4) is 0 Å². The molecule has 2 amide bonds. The number of carbonyl (C=O) groups is 2. The topological polar surface area (TPSA) is 74.3 Å². The first-order valence-corrected chi connectivity index (χ1v) is 6.57. The van der Waals surface area contributed by atoms with Crippen LogP contribution in [-0.2, 0) is 4.79 Å². The molecule has 2 heterocycles. The fraction of sp³-hybridized carbons (Fsp3) is 0.462. The van der Waals surface area contributed by atoms with Crippen molar-refractivity contribution in [2.45, 2.75) is 13.3 Å². The molecular formula is C13H17FN4O2. The molecule has 1 saturated heterocycles. The molecule has 6 nitrogen and oxygen atoms in total. The molecule has 2 N–H and O–H groups in total. The summed E-state index contributed by atoms with van der Waals surface area (Å²) >= 11 is 0. The largest absolute Gasteiger partial charge is 0.368 e. The number of carbonyl (C=O) groups excluding carboxylic acids is 2. The Labute approximate surface area is 116 Å². The van der Waals surface area contributed by atoms with Gasteiger partial charge in [-0.1, -0.05) is 6.92 Å². The number of halogens is 1. The van der Waals surface area contributed by atoms with Gasteiger partial charge in [0.25, 0.3) is 5.91 Å². The van der Waals surface area contributed by atoms with Crippen LogP contribution in [0.2, 0.25) is 0 Å². The minimum atomic E-state index is -0.670. The van der Waals surface area contributed by atoms with Gasteiger partial charge in [0, 0.05) is 25.8 Å². The predicted octanol–water partition coefficient (Wildman–Crippen LogP) is 0.615. The van der Waals surface area contributed by atoms with Crippen molar-refractivity contribution in [1.82, 2.24) is 15.2 Å². The molecule has 0 spiro atoms. The second kappa shape index (κ2) is 6.31. The highest BCUT2D eigenvalue weighted by atomic mass is 19.1. The van der Waals surface area contributed by atoms with Crippen LogP contribution in [0.25, 0.3) is 0 Å². The number of rotatable bonds is 4. The van der Waals surface area contributed by atoms with E-state index >= 15 is 0 Å². The Bertz CT molecular complexity index is 521. The van der Waals surface area contributed by atoms with E-state index in [2.05, 4.69) is 15.6 Å². The molecule has 2 rings (SSSR count). The molecule has 1 aliphatic rings. The Kier molecular flexibility index (Phi) is 4.49. The van der Waals surface area contributed by atoms with Crippen LogP contribution in [0, 0.1) is 5.82 Å². The van der Waals surface area contributed by atoms with E-state index in [9.17, 15) is 14.0 Å². The second-order valence-electron chi connectivity index (χ2n) is 4.52. The zero-order valence-electron chi connectivity index (χ0n) is 11.3. The lowest BCUT2D eigenvalue weighted by Crippen LogP contribution is -2.50. The Morgan fingerprint density at radius 2 is 2.40 bits per heavy atom. The summed E-state index contributed by atoms with van der Waals surface area (Å²) in [6, 6.07) is 1.33. The SMILES string of the molecule is CCCNc1nccc(C(=O)N2CCNC(=O)C2)c1F. The van der Waals surface area contributed by atoms with Gasteiger partial charge in [0.15, 0.2) is 11.6 Å². The maximum atomic E-state index is 14.2. The van der Waals surface area contributed by atoms with Gasteiger partial charge in [0.05, 0.1) is 12.1 Å². The molecule has 0 atom stereocenters. The summed E-state index contributed by atoms with van der Waals surface area (Å²) in [6.07, 6.45) is 2.21. The molecule has 0 saturated carbocycles. The molecule has 0 bridgehead atoms. The van der Waals surface area contributed by atoms with Crippen LogP contribution in [0.4, 0.5) is 10.2 Å². The van der Waals surface area contributed by atoms with Gasteiger partial charge in [0.2, 0.25) is 5.91 Å². The molecule has 1 aliphatic heterocycles. The molecule has 108 valence electrons. The highest BCUT2D eigenvalue weighted by Crippen LogP contribution is 2.17. The summed E-state index contributed by atoms with van der Waals surface area (Å²) in [7, 11) is 0. The Morgan fingerprint density at radius 1 is 1.60 bits per heavy atom. The molecule has 0 radical (unpaired) electrons. The van der Waals surface area contributed by atoms with Gasteiger partial charge >= 0.3 is 0 Å². The second-order valence-corrected chi connectivity index (χ2v) is 4.52. The summed E-state index contributed by atoms with van der Waals surface area (Å²) in [6.45, 7) is 3.25. The average Bonchev–Trinajstić information content (AvgIpc) is 2.45. The lowest BCUT2D eigenvalue weighted by Gasteiger charge is -2.26. The first-order chi connectivity index (χ1) is 9.63. The fourth-order valence-corrected chi connectivity index (χ4v) is 1.96. The molecule has 7 heteroatoms. The van der Waals surface area contributed by atoms with Gasteiger partial charge < -0.3 is 15.5 Å². The van der Waals surface area contributed by atoms with E-state index in [1.165, 1.54) is 17.2 Å². The molecule has 0 aromatic carbocycles. The number of anilines is 1. The van der Waals surface area contributed by atoms with E-state index in [0.717, 1.165) is 6.42 Å². The van der Waals surface area contributed by atoms with Crippen molar-refractivity contribution >= 4 is 17.6 Å². The van der Waals surface area contributed by atoms with Gasteiger partial charge in [-0.15, -0.1) is 0 Å². The van der Waals surface area contributed by atoms with E-state index < -0.39 is 11.7 Å². The van der Waals surface area contributed by atoms with Crippen LogP contribution in [0.1, 0.15) is 23.7 Å². The van der Waals surface area contributed by atoms with Crippen molar-refractivity contribution in [3.05, 3.63) is 23.6 Å². The minimum Gasteiger partial charge on any atom is -0.368 e. The number of pyridine rings is 1. The lowest BCUT2D eigenvalue weighted by atomic mass is 10.2. The van der Waals surface area contributed by atoms with Gasteiger partial charge in [-0.3, -0.25) is 9.59 Å². The molecule has 1 aromatic heterocycles. The summed E-state index contributed by atoms with van der Waals surface area (Å²) in [5.74, 6) is -1.32. The molecule has 0 aliphatic carbocycles. The van der Waals surface area contributed by atoms with Gasteiger partial charge in [-0.05, 0) is 12.5 Å². The van der Waals surface area contributed by atoms with Crippen molar-refractivity contribution in [2.75, 3.05) is 31.5 Å². The average molecular weight is 280 g/mol. The van der Waals surface area contributed by atoms with Crippen LogP contribution in [0.5, 0.6) is 0 Å². The van der Waals surface area contributed by atoms with Crippen LogP contribution < -0.4 is 10.6 Å². The third kappa shape index (κ3) is 3.04. The van der Waals surface area contributed by atoms with E-state index in [4.69, 9.17) is 0 Å². The summed E-state index contributed by atoms with van der Waals surface area (Å²) < 4.78 is 14.2. The molecule has 1 aromatic rings. The van der Waals surface area contributed by atoms with Crippen molar-refractivity contribution < 1.29 is 14.0 Å². The van der Waals surface area contributed by atoms with E-state index in [-0.39, 0.29) is 23.8 Å². The van der Waals surface area contributed by atoms with E-state index in [1.54, 1.807) is 0 Å². The standard InChI is InChI=1S/C13H17FN4O2/c1-2-4-16-12-11(14)9(3-5-17-12)13(20)18-7-6-15-10(19)8-18/h3,5H,2,4,6-8H2,1H3,(H,15,19)(H,16,17). The molecule has 20 heavy (non-hydrogen) atoms. The number of amides is 2. The number of piperazine rings is 1. The molecule has 1 fully saturated rings. The van der Waals surface area contributed by atoms with Gasteiger partial charge in [0.1, 0.15) is 0 Å². The zero-order valence-corrected chi connectivity index (χ0v) is 11.3. The number of nitrogens with one attached hydrogen (secondary N) is 2. The maximum absolute atomic E-state index is 14.2. The van der Waals surface area contributed by atoms with E-state index in [0.29, 0.717) is 19.6 Å². The van der Waals surface area contributed by atoms with E-state index in [1.807, 2.05) is 6.92 Å². The Morgan fingerprint density at radius 3 is 3.10 bits per heavy atom. The third-order valence-corrected chi connectivity index (χ3v) is 2.99. The monoisotopic (exact) mass is 280 g/mol. The third-order valence-electron chi connectivity index (χ3n) is 2.99. The molecular weight excluding hydrogens is 263 g/mol. The highest BCUT2D eigenvalue weighted by molar-refractivity contribution is 5.97. The first kappa shape index (κ1) is 14.2. The van der Waals surface area contributed by atoms with Crippen molar-refractivity contribution in [2.24, 2.45) is 0 Å². The van der Waals surface area contributed by atoms with Crippen molar-refractivity contribution in [1.29, 1.82) is 0 Å². The number of hydrogen-bond donors (Lipinski definition) is 2. The van der Waals surface area contributed by atoms with Crippen molar-refractivity contribution in [3.63, 3.8) is 0 Å². The first-order valence-electron chi connectivity index (χ1n) is 6.57. The van der Waals surface area contributed by atoms with Crippen LogP contribution >= 0.6 is 0 Å². The van der Waals surface area contributed by atoms with Crippen LogP contribution in [0.3, 0.4) is 0 Å². The smallest absolute Gasteiger partial charge is 0.257 e. The lowest BCUT2D eigenvalue weighted by molar-refractivity contribution is -0.123. The Hall–Kier alpha value is -2.18. The predicted molar refractivity (Wildman–Crippen MR) is 71.9 cm³/mol. The summed E-state index contributed by atoms with van der Waals surface area (Å²) in [5.41, 5.74) is -0.0618. The summed E-state index contributed by atoms with van der Waals surface area (Å²) in [5, 5.41) is 5.45. The van der Waals surface area contributed by atoms with Crippen LogP contribution in [0.15, 0.2) is 12.3 Å². The highest BCUT2D eigenvalue weighted by Gasteiger charge is 2.25. The Balaban J connectivity index is 2.19. The minimum absolute atomic E-state index is 0.0433.